The molecule has 0 atom stereocenters. The number of hydrazine groups is 1. The minimum Gasteiger partial charge on any atom is -0.392 e. The molecule has 0 unspecified atom stereocenters. The van der Waals surface area contributed by atoms with Crippen molar-refractivity contribution < 1.29 is 5.11 Å². The van der Waals surface area contributed by atoms with Gasteiger partial charge in [0, 0.05) is 44.1 Å². The molecule has 7 nitrogen and oxygen atoms in total. The molecule has 0 amide bonds. The molecule has 0 bridgehead atoms. The van der Waals surface area contributed by atoms with E-state index in [1.807, 2.05) is 23.3 Å². The quantitative estimate of drug-likeness (QED) is 0.813. The van der Waals surface area contributed by atoms with Crippen LogP contribution in [-0.4, -0.2) is 46.3 Å². The lowest BCUT2D eigenvalue weighted by Crippen LogP contribution is -2.46. The van der Waals surface area contributed by atoms with Crippen molar-refractivity contribution in [3.63, 3.8) is 0 Å². The van der Waals surface area contributed by atoms with Crippen molar-refractivity contribution in [3.05, 3.63) is 66.4 Å². The summed E-state index contributed by atoms with van der Waals surface area (Å²) >= 11 is 0. The highest BCUT2D eigenvalue weighted by Gasteiger charge is 2.34. The minimum atomic E-state index is 0.0360. The first-order valence-electron chi connectivity index (χ1n) is 8.88. The molecule has 0 aliphatic carbocycles. The van der Waals surface area contributed by atoms with Crippen LogP contribution in [-0.2, 0) is 0 Å². The second kappa shape index (κ2) is 7.30. The molecule has 7 heteroatoms. The van der Waals surface area contributed by atoms with Crippen molar-refractivity contribution in [1.82, 2.24) is 20.4 Å². The number of aliphatic hydroxyl groups excluding tert-OH is 1. The molecule has 2 aliphatic rings. The maximum Gasteiger partial charge on any atom is 0.169 e. The molecule has 138 valence electrons. The van der Waals surface area contributed by atoms with Crippen LogP contribution in [0.2, 0.25) is 0 Å². The van der Waals surface area contributed by atoms with Crippen molar-refractivity contribution in [2.45, 2.75) is 5.92 Å². The van der Waals surface area contributed by atoms with Gasteiger partial charge in [-0.25, -0.2) is 15.4 Å². The average molecular weight is 362 g/mol. The summed E-state index contributed by atoms with van der Waals surface area (Å²) in [5.74, 6) is 1.99. The molecule has 2 aromatic rings. The third kappa shape index (κ3) is 3.22. The molecule has 4 rings (SSSR count). The van der Waals surface area contributed by atoms with Crippen LogP contribution in [0.5, 0.6) is 0 Å². The van der Waals surface area contributed by atoms with Crippen LogP contribution in [0.4, 0.5) is 11.6 Å². The van der Waals surface area contributed by atoms with Gasteiger partial charge in [-0.2, -0.15) is 0 Å². The predicted molar refractivity (Wildman–Crippen MR) is 107 cm³/mol. The molecule has 0 spiro atoms. The Morgan fingerprint density at radius 2 is 2.00 bits per heavy atom. The van der Waals surface area contributed by atoms with Crippen LogP contribution in [0.1, 0.15) is 22.9 Å². The van der Waals surface area contributed by atoms with Gasteiger partial charge in [0.2, 0.25) is 0 Å². The molecule has 0 saturated carbocycles. The minimum absolute atomic E-state index is 0.0360. The zero-order valence-corrected chi connectivity index (χ0v) is 15.0. The fraction of sp³-hybridized carbons (Fsp3) is 0.250. The third-order valence-electron chi connectivity index (χ3n) is 4.87. The van der Waals surface area contributed by atoms with E-state index in [-0.39, 0.29) is 12.5 Å². The van der Waals surface area contributed by atoms with E-state index in [0.29, 0.717) is 6.54 Å². The molecule has 2 N–H and O–H groups in total. The largest absolute Gasteiger partial charge is 0.392 e. The lowest BCUT2D eigenvalue weighted by Gasteiger charge is -2.40. The van der Waals surface area contributed by atoms with Gasteiger partial charge in [0.25, 0.3) is 0 Å². The lowest BCUT2D eigenvalue weighted by molar-refractivity contribution is 0.330. The predicted octanol–water partition coefficient (Wildman–Crippen LogP) is 1.96. The summed E-state index contributed by atoms with van der Waals surface area (Å²) in [6.45, 7) is 9.95. The van der Waals surface area contributed by atoms with Gasteiger partial charge in [-0.15, -0.1) is 0 Å². The number of aliphatic hydroxyl groups is 1. The Bertz CT molecular complexity index is 903. The Morgan fingerprint density at radius 1 is 1.19 bits per heavy atom. The molecular weight excluding hydrogens is 340 g/mol. The maximum absolute atomic E-state index is 9.31. The van der Waals surface area contributed by atoms with Crippen molar-refractivity contribution in [2.75, 3.05) is 36.1 Å². The van der Waals surface area contributed by atoms with Crippen molar-refractivity contribution >= 4 is 23.8 Å². The lowest BCUT2D eigenvalue weighted by atomic mass is 9.95. The van der Waals surface area contributed by atoms with E-state index in [4.69, 9.17) is 0 Å². The number of anilines is 2. The Kier molecular flexibility index (Phi) is 4.70. The summed E-state index contributed by atoms with van der Waals surface area (Å²) < 4.78 is 0. The molecule has 0 aromatic carbocycles. The molecule has 2 aliphatic heterocycles. The number of hydrogen-bond acceptors (Lipinski definition) is 7. The Hall–Kier alpha value is -3.03. The summed E-state index contributed by atoms with van der Waals surface area (Å²) in [5, 5.41) is 11.2. The van der Waals surface area contributed by atoms with Crippen LogP contribution in [0.15, 0.2) is 49.5 Å². The SMILES string of the molecule is C=Cc1ccc(N2CC(c3nccnc3N3C=C(CO)CN3)C2)nc1C=C. The van der Waals surface area contributed by atoms with E-state index in [9.17, 15) is 5.11 Å². The van der Waals surface area contributed by atoms with Crippen LogP contribution < -0.4 is 15.3 Å². The second-order valence-corrected chi connectivity index (χ2v) is 6.57. The fourth-order valence-electron chi connectivity index (χ4n) is 3.33. The maximum atomic E-state index is 9.31. The Balaban J connectivity index is 1.51. The molecular formula is C20H22N6O. The number of rotatable bonds is 6. The van der Waals surface area contributed by atoms with Gasteiger partial charge in [0.15, 0.2) is 5.82 Å². The van der Waals surface area contributed by atoms with Gasteiger partial charge in [0.05, 0.1) is 18.0 Å². The normalized spacial score (nSPS) is 16.9. The van der Waals surface area contributed by atoms with Crippen LogP contribution >= 0.6 is 0 Å². The summed E-state index contributed by atoms with van der Waals surface area (Å²) in [6.07, 6.45) is 8.84. The standard InChI is InChI=1S/C20H22N6O/c1-3-15-5-6-18(24-17(15)4-2)25-11-16(12-25)19-20(22-8-7-21-19)26-10-14(13-27)9-23-26/h3-8,10,16,23,27H,1-2,9,11-13H2. The van der Waals surface area contributed by atoms with Gasteiger partial charge in [-0.3, -0.25) is 9.99 Å². The first-order chi connectivity index (χ1) is 13.2. The monoisotopic (exact) mass is 362 g/mol. The Labute approximate surface area is 158 Å². The molecule has 0 radical (unpaired) electrons. The number of nitrogens with one attached hydrogen (secondary N) is 1. The van der Waals surface area contributed by atoms with Crippen LogP contribution in [0.25, 0.3) is 12.2 Å². The fourth-order valence-corrected chi connectivity index (χ4v) is 3.33. The highest BCUT2D eigenvalue weighted by molar-refractivity contribution is 5.64. The number of nitrogens with zero attached hydrogens (tertiary/aromatic N) is 5. The van der Waals surface area contributed by atoms with E-state index in [2.05, 4.69) is 38.4 Å². The van der Waals surface area contributed by atoms with E-state index < -0.39 is 0 Å². The first kappa shape index (κ1) is 17.4. The molecule has 2 aromatic heterocycles. The van der Waals surface area contributed by atoms with Gasteiger partial charge in [-0.1, -0.05) is 19.2 Å². The second-order valence-electron chi connectivity index (χ2n) is 6.57. The van der Waals surface area contributed by atoms with Crippen molar-refractivity contribution in [1.29, 1.82) is 0 Å². The molecule has 27 heavy (non-hydrogen) atoms. The van der Waals surface area contributed by atoms with Gasteiger partial charge in [0.1, 0.15) is 5.82 Å². The zero-order chi connectivity index (χ0) is 18.8. The van der Waals surface area contributed by atoms with Gasteiger partial charge < -0.3 is 10.0 Å². The van der Waals surface area contributed by atoms with E-state index in [1.54, 1.807) is 24.5 Å². The van der Waals surface area contributed by atoms with E-state index in [1.165, 1.54) is 0 Å². The summed E-state index contributed by atoms with van der Waals surface area (Å²) in [5.41, 5.74) is 6.91. The molecule has 4 heterocycles. The van der Waals surface area contributed by atoms with Crippen molar-refractivity contribution in [3.8, 4) is 0 Å². The third-order valence-corrected chi connectivity index (χ3v) is 4.87. The smallest absolute Gasteiger partial charge is 0.169 e. The highest BCUT2D eigenvalue weighted by Crippen LogP contribution is 2.34. The van der Waals surface area contributed by atoms with E-state index >= 15 is 0 Å². The topological polar surface area (TPSA) is 77.4 Å². The summed E-state index contributed by atoms with van der Waals surface area (Å²) in [7, 11) is 0. The first-order valence-corrected chi connectivity index (χ1v) is 8.88. The summed E-state index contributed by atoms with van der Waals surface area (Å²) in [4.78, 5) is 16.0. The average Bonchev–Trinajstić information content (AvgIpc) is 3.16. The number of aromatic nitrogens is 3. The van der Waals surface area contributed by atoms with Gasteiger partial charge >= 0.3 is 0 Å². The molecule has 1 fully saturated rings. The molecule has 1 saturated heterocycles. The van der Waals surface area contributed by atoms with Crippen molar-refractivity contribution in [2.24, 2.45) is 0 Å². The highest BCUT2D eigenvalue weighted by atomic mass is 16.3. The zero-order valence-electron chi connectivity index (χ0n) is 15.0. The van der Waals surface area contributed by atoms with Gasteiger partial charge in [-0.05, 0) is 29.3 Å². The Morgan fingerprint density at radius 3 is 2.70 bits per heavy atom. The number of hydrogen-bond donors (Lipinski definition) is 2. The number of pyridine rings is 1. The van der Waals surface area contributed by atoms with Crippen LogP contribution in [0, 0.1) is 0 Å². The van der Waals surface area contributed by atoms with E-state index in [0.717, 1.165) is 47.2 Å². The van der Waals surface area contributed by atoms with Crippen LogP contribution in [0.3, 0.4) is 0 Å². The summed E-state index contributed by atoms with van der Waals surface area (Å²) in [6, 6.07) is 4.03.